The topological polar surface area (TPSA) is 98.3 Å². The van der Waals surface area contributed by atoms with E-state index >= 15 is 4.39 Å². The minimum absolute atomic E-state index is 0.0968. The highest BCUT2D eigenvalue weighted by atomic mass is 19.4. The van der Waals surface area contributed by atoms with Crippen LogP contribution in [0.15, 0.2) is 30.5 Å². The molecule has 0 N–H and O–H groups in total. The van der Waals surface area contributed by atoms with Crippen LogP contribution in [0, 0.1) is 17.7 Å². The van der Waals surface area contributed by atoms with Crippen molar-refractivity contribution in [2.45, 2.75) is 84.0 Å². The molecule has 0 unspecified atom stereocenters. The van der Waals surface area contributed by atoms with Crippen molar-refractivity contribution in [2.24, 2.45) is 11.8 Å². The number of hydrogen-bond acceptors (Lipinski definition) is 8. The number of aldehydes is 1. The van der Waals surface area contributed by atoms with Gasteiger partial charge >= 0.3 is 18.2 Å². The number of esters is 1. The molecule has 2 aliphatic rings. The summed E-state index contributed by atoms with van der Waals surface area (Å²) in [5.74, 6) is -2.02. The van der Waals surface area contributed by atoms with E-state index in [9.17, 15) is 27.6 Å². The number of benzene rings is 1. The first-order valence-electron chi connectivity index (χ1n) is 15.3. The summed E-state index contributed by atoms with van der Waals surface area (Å²) < 4.78 is 70.4. The normalized spacial score (nSPS) is 19.0. The molecule has 1 aromatic heterocycles. The molecule has 0 radical (unpaired) electrons. The predicted molar refractivity (Wildman–Crippen MR) is 163 cm³/mol. The van der Waals surface area contributed by atoms with E-state index in [2.05, 4.69) is 11.9 Å². The standard InChI is InChI=1S/C25H29F4N3O5.C8H14O/c1-24(2,3)37-23(34)32-11-8-15(9-12-32)31(4)19-14-18(26)20(13-16(19)22(33)35-5)36-21-17(25(27,28)29)7-6-10-30-21;1-7-2-4-8(6-9)5-3-7/h6-7,10,13-15H,8-9,11-12H2,1-5H3;6-8H,2-5H2,1H3. The summed E-state index contributed by atoms with van der Waals surface area (Å²) in [7, 11) is 2.80. The number of halogens is 4. The number of hydrogen-bond donors (Lipinski definition) is 0. The van der Waals surface area contributed by atoms with Gasteiger partial charge in [0.2, 0.25) is 5.88 Å². The number of likely N-dealkylation sites (tertiary alicyclic amines) is 1. The van der Waals surface area contributed by atoms with Crippen LogP contribution in [-0.4, -0.2) is 67.1 Å². The van der Waals surface area contributed by atoms with Crippen molar-refractivity contribution < 1.29 is 46.2 Å². The zero-order valence-electron chi connectivity index (χ0n) is 27.2. The lowest BCUT2D eigenvalue weighted by Crippen LogP contribution is -2.47. The number of carbonyl (C=O) groups excluding carboxylic acids is 3. The highest BCUT2D eigenvalue weighted by molar-refractivity contribution is 5.96. The number of ether oxygens (including phenoxy) is 3. The third-order valence-electron chi connectivity index (χ3n) is 8.04. The van der Waals surface area contributed by atoms with Crippen LogP contribution >= 0.6 is 0 Å². The van der Waals surface area contributed by atoms with Gasteiger partial charge in [0.25, 0.3) is 0 Å². The maximum atomic E-state index is 15.1. The molecule has 1 aliphatic carbocycles. The zero-order valence-corrected chi connectivity index (χ0v) is 27.2. The number of carbonyl (C=O) groups is 3. The van der Waals surface area contributed by atoms with E-state index < -0.39 is 46.9 Å². The van der Waals surface area contributed by atoms with Crippen LogP contribution in [0.2, 0.25) is 0 Å². The van der Waals surface area contributed by atoms with Gasteiger partial charge in [-0.1, -0.05) is 19.8 Å². The fourth-order valence-electron chi connectivity index (χ4n) is 5.36. The van der Waals surface area contributed by atoms with Crippen molar-refractivity contribution in [1.29, 1.82) is 0 Å². The smallest absolute Gasteiger partial charge is 0.421 e. The number of anilines is 1. The molecule has 9 nitrogen and oxygen atoms in total. The molecule has 0 spiro atoms. The van der Waals surface area contributed by atoms with Crippen LogP contribution in [0.25, 0.3) is 0 Å². The number of nitrogens with zero attached hydrogens (tertiary/aromatic N) is 3. The number of piperidine rings is 1. The van der Waals surface area contributed by atoms with E-state index in [4.69, 9.17) is 14.2 Å². The molecule has 1 saturated carbocycles. The van der Waals surface area contributed by atoms with Crippen molar-refractivity contribution in [3.63, 3.8) is 0 Å². The van der Waals surface area contributed by atoms with Gasteiger partial charge in [0.1, 0.15) is 17.5 Å². The molecule has 1 saturated heterocycles. The molecular formula is C33H43F4N3O6. The number of rotatable bonds is 6. The lowest BCUT2D eigenvalue weighted by molar-refractivity contribution is -0.138. The third kappa shape index (κ3) is 10.1. The number of pyridine rings is 1. The second-order valence-electron chi connectivity index (χ2n) is 12.7. The molecule has 2 aromatic rings. The van der Waals surface area contributed by atoms with Gasteiger partial charge in [-0.25, -0.2) is 19.0 Å². The van der Waals surface area contributed by atoms with Crippen molar-refractivity contribution in [2.75, 3.05) is 32.1 Å². The van der Waals surface area contributed by atoms with Crippen LogP contribution in [-0.2, 0) is 20.4 Å². The quantitative estimate of drug-likeness (QED) is 0.178. The van der Waals surface area contributed by atoms with Gasteiger partial charge in [-0.2, -0.15) is 13.2 Å². The van der Waals surface area contributed by atoms with Gasteiger partial charge in [-0.15, -0.1) is 0 Å². The van der Waals surface area contributed by atoms with Gasteiger partial charge in [0, 0.05) is 50.4 Å². The molecular weight excluding hydrogens is 610 g/mol. The second-order valence-corrected chi connectivity index (χ2v) is 12.7. The Balaban J connectivity index is 0.000000549. The SMILES string of the molecule is CC1CCC(C=O)CC1.COC(=O)c1cc(Oc2ncccc2C(F)(F)F)c(F)cc1N(C)C1CCN(C(=O)OC(C)(C)C)CC1. The predicted octanol–water partition coefficient (Wildman–Crippen LogP) is 7.67. The van der Waals surface area contributed by atoms with Gasteiger partial charge in [0.15, 0.2) is 11.6 Å². The molecule has 46 heavy (non-hydrogen) atoms. The van der Waals surface area contributed by atoms with Gasteiger partial charge in [0.05, 0.1) is 18.4 Å². The molecule has 1 amide bonds. The summed E-state index contributed by atoms with van der Waals surface area (Å²) >= 11 is 0. The minimum atomic E-state index is -4.78. The molecule has 0 atom stereocenters. The first-order valence-corrected chi connectivity index (χ1v) is 15.3. The van der Waals surface area contributed by atoms with Crippen molar-refractivity contribution >= 4 is 24.0 Å². The fourth-order valence-corrected chi connectivity index (χ4v) is 5.36. The summed E-state index contributed by atoms with van der Waals surface area (Å²) in [4.78, 5) is 42.0. The Morgan fingerprint density at radius 1 is 1.04 bits per heavy atom. The Bertz CT molecular complexity index is 1350. The minimum Gasteiger partial charge on any atom is -0.465 e. The Hall–Kier alpha value is -3.90. The maximum absolute atomic E-state index is 15.1. The molecule has 2 fully saturated rings. The first kappa shape index (κ1) is 36.6. The van der Waals surface area contributed by atoms with Gasteiger partial charge < -0.3 is 28.8 Å². The van der Waals surface area contributed by atoms with Crippen molar-refractivity contribution in [3.8, 4) is 11.6 Å². The van der Waals surface area contributed by atoms with E-state index in [1.165, 1.54) is 12.8 Å². The Labute approximate surface area is 267 Å². The summed E-state index contributed by atoms with van der Waals surface area (Å²) in [6, 6.07) is 3.68. The largest absolute Gasteiger partial charge is 0.465 e. The van der Waals surface area contributed by atoms with Crippen LogP contribution in [0.4, 0.5) is 28.0 Å². The number of alkyl halides is 3. The zero-order chi connectivity index (χ0) is 34.2. The monoisotopic (exact) mass is 653 g/mol. The number of amides is 1. The van der Waals surface area contributed by atoms with Crippen molar-refractivity contribution in [1.82, 2.24) is 9.88 Å². The van der Waals surface area contributed by atoms with E-state index in [0.29, 0.717) is 31.8 Å². The number of methoxy groups -OCH3 is 1. The Morgan fingerprint density at radius 3 is 2.22 bits per heavy atom. The molecule has 254 valence electrons. The van der Waals surface area contributed by atoms with E-state index in [-0.39, 0.29) is 17.3 Å². The van der Waals surface area contributed by atoms with Crippen LogP contribution in [0.3, 0.4) is 0 Å². The Morgan fingerprint density at radius 2 is 1.67 bits per heavy atom. The lowest BCUT2D eigenvalue weighted by Gasteiger charge is -2.38. The molecule has 1 aromatic carbocycles. The first-order chi connectivity index (χ1) is 21.5. The van der Waals surface area contributed by atoms with Gasteiger partial charge in [-0.3, -0.25) is 0 Å². The van der Waals surface area contributed by atoms with E-state index in [0.717, 1.165) is 62.6 Å². The summed E-state index contributed by atoms with van der Waals surface area (Å²) in [5, 5.41) is 0. The molecule has 2 heterocycles. The highest BCUT2D eigenvalue weighted by Gasteiger charge is 2.36. The summed E-state index contributed by atoms with van der Waals surface area (Å²) in [6.45, 7) is 8.38. The van der Waals surface area contributed by atoms with Crippen LogP contribution < -0.4 is 9.64 Å². The Kier molecular flexibility index (Phi) is 12.4. The van der Waals surface area contributed by atoms with E-state index in [1.807, 2.05) is 0 Å². The molecule has 0 bridgehead atoms. The third-order valence-corrected chi connectivity index (χ3v) is 8.04. The number of aromatic nitrogens is 1. The average Bonchev–Trinajstić information content (AvgIpc) is 3.01. The molecule has 13 heteroatoms. The maximum Gasteiger partial charge on any atom is 0.421 e. The molecule has 4 rings (SSSR count). The summed E-state index contributed by atoms with van der Waals surface area (Å²) in [5.41, 5.74) is -1.74. The van der Waals surface area contributed by atoms with Crippen LogP contribution in [0.5, 0.6) is 11.6 Å². The second kappa shape index (κ2) is 15.6. The van der Waals surface area contributed by atoms with Gasteiger partial charge in [-0.05, 0) is 64.5 Å². The van der Waals surface area contributed by atoms with E-state index in [1.54, 1.807) is 37.6 Å². The molecule has 1 aliphatic heterocycles. The highest BCUT2D eigenvalue weighted by Crippen LogP contribution is 2.39. The lowest BCUT2D eigenvalue weighted by atomic mass is 9.84. The fraction of sp³-hybridized carbons (Fsp3) is 0.576. The average molecular weight is 654 g/mol. The van der Waals surface area contributed by atoms with Crippen molar-refractivity contribution in [3.05, 3.63) is 47.4 Å². The van der Waals surface area contributed by atoms with Crippen LogP contribution in [0.1, 0.15) is 82.1 Å². The summed E-state index contributed by atoms with van der Waals surface area (Å²) in [6.07, 6.45) is 2.78.